The highest BCUT2D eigenvalue weighted by atomic mass is 35.5. The molecule has 1 aromatic carbocycles. The molecule has 5 nitrogen and oxygen atoms in total. The zero-order chi connectivity index (χ0) is 16.5. The van der Waals surface area contributed by atoms with Gasteiger partial charge in [-0.1, -0.05) is 17.7 Å². The highest BCUT2D eigenvalue weighted by Crippen LogP contribution is 2.22. The van der Waals surface area contributed by atoms with E-state index in [9.17, 15) is 0 Å². The second kappa shape index (κ2) is 9.97. The molecule has 6 heteroatoms. The van der Waals surface area contributed by atoms with Crippen LogP contribution in [-0.4, -0.2) is 53.8 Å². The average Bonchev–Trinajstić information content (AvgIpc) is 2.52. The molecule has 0 heterocycles. The minimum absolute atomic E-state index is 0.403. The zero-order valence-electron chi connectivity index (χ0n) is 13.0. The van der Waals surface area contributed by atoms with Crippen molar-refractivity contribution in [3.63, 3.8) is 0 Å². The van der Waals surface area contributed by atoms with Crippen LogP contribution in [0.1, 0.15) is 19.4 Å². The number of hydrogen-bond acceptors (Lipinski definition) is 5. The third-order valence-corrected chi connectivity index (χ3v) is 3.64. The number of rotatable bonds is 6. The molecule has 0 aromatic heterocycles. The lowest BCUT2D eigenvalue weighted by molar-refractivity contribution is 0.0698. The molecule has 0 aliphatic heterocycles. The first-order chi connectivity index (χ1) is 9.87. The third kappa shape index (κ3) is 6.63. The van der Waals surface area contributed by atoms with Gasteiger partial charge in [0.25, 0.3) is 0 Å². The van der Waals surface area contributed by atoms with E-state index >= 15 is 0 Å². The van der Waals surface area contributed by atoms with Gasteiger partial charge in [0.05, 0.1) is 25.4 Å². The van der Waals surface area contributed by atoms with Gasteiger partial charge < -0.3 is 26.0 Å². The highest BCUT2D eigenvalue weighted by Gasteiger charge is 2.20. The van der Waals surface area contributed by atoms with Gasteiger partial charge in [-0.3, -0.25) is 0 Å². The van der Waals surface area contributed by atoms with Gasteiger partial charge in [0.1, 0.15) is 0 Å². The van der Waals surface area contributed by atoms with Crippen LogP contribution in [-0.2, 0) is 0 Å². The number of hydrogen-bond donors (Lipinski definition) is 4. The molecule has 21 heavy (non-hydrogen) atoms. The predicted octanol–water partition coefficient (Wildman–Crippen LogP) is 1.16. The van der Waals surface area contributed by atoms with E-state index in [0.717, 1.165) is 23.7 Å². The summed E-state index contributed by atoms with van der Waals surface area (Å²) in [6.45, 7) is 7.16. The monoisotopic (exact) mass is 318 g/mol. The average molecular weight is 319 g/mol. The summed E-state index contributed by atoms with van der Waals surface area (Å²) in [6.07, 6.45) is 0. The van der Waals surface area contributed by atoms with Crippen molar-refractivity contribution in [2.75, 3.05) is 37.8 Å². The summed E-state index contributed by atoms with van der Waals surface area (Å²) in [7, 11) is 0. The molecular formula is C15H27ClN2O3. The molecule has 0 spiro atoms. The Balaban J connectivity index is 0.000000433. The number of halogens is 1. The molecule has 1 aromatic rings. The fourth-order valence-electron chi connectivity index (χ4n) is 1.52. The summed E-state index contributed by atoms with van der Waals surface area (Å²) in [5, 5.41) is 25.9. The van der Waals surface area contributed by atoms with Crippen molar-refractivity contribution in [3.05, 3.63) is 28.8 Å². The van der Waals surface area contributed by atoms with Crippen LogP contribution in [0.5, 0.6) is 0 Å². The molecule has 0 saturated heterocycles. The smallest absolute Gasteiger partial charge is 0.0856 e. The van der Waals surface area contributed by atoms with Gasteiger partial charge in [0, 0.05) is 23.8 Å². The number of aliphatic hydroxyl groups is 3. The van der Waals surface area contributed by atoms with Crippen LogP contribution in [0, 0.1) is 6.92 Å². The predicted molar refractivity (Wildman–Crippen MR) is 87.9 cm³/mol. The molecule has 0 saturated carbocycles. The molecule has 0 unspecified atom stereocenters. The molecule has 0 atom stereocenters. The van der Waals surface area contributed by atoms with E-state index in [4.69, 9.17) is 32.7 Å². The molecule has 0 aliphatic rings. The summed E-state index contributed by atoms with van der Waals surface area (Å²) < 4.78 is 0. The SMILES string of the molecule is CCN(CC)c1ccc(C)c(Cl)c1.NC(CO)(CO)CO. The molecule has 0 aliphatic carbocycles. The lowest BCUT2D eigenvalue weighted by Gasteiger charge is -2.21. The van der Waals surface area contributed by atoms with Gasteiger partial charge in [-0.25, -0.2) is 0 Å². The van der Waals surface area contributed by atoms with Crippen molar-refractivity contribution in [1.29, 1.82) is 0 Å². The van der Waals surface area contributed by atoms with E-state index < -0.39 is 25.4 Å². The molecule has 1 rings (SSSR count). The second-order valence-corrected chi connectivity index (χ2v) is 5.35. The Bertz CT molecular complexity index is 400. The fourth-order valence-corrected chi connectivity index (χ4v) is 1.69. The summed E-state index contributed by atoms with van der Waals surface area (Å²) in [4.78, 5) is 2.28. The standard InChI is InChI=1S/C11H16ClN.C4H11NO3/c1-4-13(5-2)10-7-6-9(3)11(12)8-10;5-4(1-6,2-7)3-8/h6-8H,4-5H2,1-3H3;6-8H,1-3,5H2. The Morgan fingerprint density at radius 1 is 1.10 bits per heavy atom. The summed E-state index contributed by atoms with van der Waals surface area (Å²) in [6, 6.07) is 6.22. The molecule has 0 amide bonds. The Morgan fingerprint density at radius 2 is 1.57 bits per heavy atom. The van der Waals surface area contributed by atoms with E-state index in [1.807, 2.05) is 13.0 Å². The second-order valence-electron chi connectivity index (χ2n) is 4.94. The minimum Gasteiger partial charge on any atom is -0.394 e. The summed E-state index contributed by atoms with van der Waals surface area (Å²) in [5.41, 5.74) is 6.28. The van der Waals surface area contributed by atoms with Gasteiger partial charge in [0.15, 0.2) is 0 Å². The fraction of sp³-hybridized carbons (Fsp3) is 0.600. The molecular weight excluding hydrogens is 292 g/mol. The maximum Gasteiger partial charge on any atom is 0.0856 e. The van der Waals surface area contributed by atoms with Gasteiger partial charge in [-0.2, -0.15) is 0 Å². The third-order valence-electron chi connectivity index (χ3n) is 3.23. The van der Waals surface area contributed by atoms with Crippen molar-refractivity contribution in [2.45, 2.75) is 26.3 Å². The van der Waals surface area contributed by atoms with Gasteiger partial charge in [-0.05, 0) is 38.5 Å². The van der Waals surface area contributed by atoms with Crippen molar-refractivity contribution in [3.8, 4) is 0 Å². The summed E-state index contributed by atoms with van der Waals surface area (Å²) in [5.74, 6) is 0. The zero-order valence-corrected chi connectivity index (χ0v) is 13.8. The lowest BCUT2D eigenvalue weighted by atomic mass is 10.1. The number of aliphatic hydroxyl groups excluding tert-OH is 3. The van der Waals surface area contributed by atoms with E-state index in [-0.39, 0.29) is 0 Å². The first-order valence-electron chi connectivity index (χ1n) is 7.00. The lowest BCUT2D eigenvalue weighted by Crippen LogP contribution is -2.50. The molecule has 0 fully saturated rings. The van der Waals surface area contributed by atoms with Crippen molar-refractivity contribution in [2.24, 2.45) is 5.73 Å². The van der Waals surface area contributed by atoms with Gasteiger partial charge >= 0.3 is 0 Å². The Morgan fingerprint density at radius 3 is 1.86 bits per heavy atom. The van der Waals surface area contributed by atoms with Crippen LogP contribution in [0.15, 0.2) is 18.2 Å². The van der Waals surface area contributed by atoms with Crippen LogP contribution < -0.4 is 10.6 Å². The summed E-state index contributed by atoms with van der Waals surface area (Å²) >= 11 is 6.05. The van der Waals surface area contributed by atoms with Crippen LogP contribution in [0.25, 0.3) is 0 Å². The van der Waals surface area contributed by atoms with Crippen molar-refractivity contribution in [1.82, 2.24) is 0 Å². The first kappa shape index (κ1) is 20.1. The molecule has 122 valence electrons. The molecule has 0 bridgehead atoms. The minimum atomic E-state index is -1.21. The van der Waals surface area contributed by atoms with Crippen molar-refractivity contribution < 1.29 is 15.3 Å². The van der Waals surface area contributed by atoms with E-state index in [0.29, 0.717) is 0 Å². The maximum absolute atomic E-state index is 8.34. The Kier molecular flexibility index (Phi) is 9.57. The number of anilines is 1. The van der Waals surface area contributed by atoms with E-state index in [2.05, 4.69) is 30.9 Å². The largest absolute Gasteiger partial charge is 0.394 e. The highest BCUT2D eigenvalue weighted by molar-refractivity contribution is 6.31. The maximum atomic E-state index is 8.34. The van der Waals surface area contributed by atoms with Gasteiger partial charge in [-0.15, -0.1) is 0 Å². The van der Waals surface area contributed by atoms with Crippen LogP contribution in [0.4, 0.5) is 5.69 Å². The normalized spacial score (nSPS) is 10.9. The van der Waals surface area contributed by atoms with Crippen LogP contribution in [0.2, 0.25) is 5.02 Å². The van der Waals surface area contributed by atoms with E-state index in [1.54, 1.807) is 0 Å². The quantitative estimate of drug-likeness (QED) is 0.632. The van der Waals surface area contributed by atoms with E-state index in [1.165, 1.54) is 5.69 Å². The Hall–Kier alpha value is -0.850. The number of aryl methyl sites for hydroxylation is 1. The van der Waals surface area contributed by atoms with Crippen molar-refractivity contribution >= 4 is 17.3 Å². The van der Waals surface area contributed by atoms with Gasteiger partial charge in [0.2, 0.25) is 0 Å². The molecule has 0 radical (unpaired) electrons. The topological polar surface area (TPSA) is 90.0 Å². The number of benzene rings is 1. The molecule has 5 N–H and O–H groups in total. The Labute approximate surface area is 132 Å². The first-order valence-corrected chi connectivity index (χ1v) is 7.37. The van der Waals surface area contributed by atoms with Crippen LogP contribution >= 0.6 is 11.6 Å². The van der Waals surface area contributed by atoms with Crippen LogP contribution in [0.3, 0.4) is 0 Å². The number of nitrogens with zero attached hydrogens (tertiary/aromatic N) is 1. The number of nitrogens with two attached hydrogens (primary N) is 1.